The van der Waals surface area contributed by atoms with Crippen LogP contribution in [0.2, 0.25) is 0 Å². The van der Waals surface area contributed by atoms with Gasteiger partial charge in [-0.2, -0.15) is 13.2 Å². The van der Waals surface area contributed by atoms with Crippen LogP contribution in [0.3, 0.4) is 0 Å². The highest BCUT2D eigenvalue weighted by atomic mass is 32.1. The zero-order valence-electron chi connectivity index (χ0n) is 16.1. The molecule has 0 saturated carbocycles. The molecule has 0 aliphatic heterocycles. The summed E-state index contributed by atoms with van der Waals surface area (Å²) in [6, 6.07) is 13.6. The first kappa shape index (κ1) is 22.3. The van der Waals surface area contributed by atoms with Gasteiger partial charge in [-0.3, -0.25) is 9.59 Å². The molecule has 0 aliphatic carbocycles. The van der Waals surface area contributed by atoms with E-state index >= 15 is 0 Å². The van der Waals surface area contributed by atoms with E-state index in [2.05, 4.69) is 5.32 Å². The van der Waals surface area contributed by atoms with Crippen LogP contribution in [0.25, 0.3) is 10.4 Å². The number of thiophene rings is 1. The predicted octanol–water partition coefficient (Wildman–Crippen LogP) is 3.93. The molecule has 1 unspecified atom stereocenters. The Morgan fingerprint density at radius 1 is 1.06 bits per heavy atom. The summed E-state index contributed by atoms with van der Waals surface area (Å²) in [7, 11) is 0. The third-order valence-electron chi connectivity index (χ3n) is 4.38. The van der Waals surface area contributed by atoms with Gasteiger partial charge < -0.3 is 22.1 Å². The highest BCUT2D eigenvalue weighted by Crippen LogP contribution is 2.30. The Bertz CT molecular complexity index is 1070. The van der Waals surface area contributed by atoms with Crippen LogP contribution in [0.1, 0.15) is 22.0 Å². The molecular weight excluding hydrogens is 429 g/mol. The van der Waals surface area contributed by atoms with Crippen molar-refractivity contribution in [3.63, 3.8) is 0 Å². The Morgan fingerprint density at radius 3 is 2.39 bits per heavy atom. The van der Waals surface area contributed by atoms with Crippen molar-refractivity contribution in [2.45, 2.75) is 12.2 Å². The fraction of sp³-hybridized carbons (Fsp3) is 0.143. The third-order valence-corrected chi connectivity index (χ3v) is 5.30. The molecule has 0 bridgehead atoms. The number of nitrogens with two attached hydrogens (primary N) is 2. The number of rotatable bonds is 6. The summed E-state index contributed by atoms with van der Waals surface area (Å²) < 4.78 is 36.7. The summed E-state index contributed by atoms with van der Waals surface area (Å²) >= 11 is 1.56. The molecule has 0 aliphatic rings. The van der Waals surface area contributed by atoms with E-state index in [1.807, 2.05) is 23.6 Å². The highest BCUT2D eigenvalue weighted by molar-refractivity contribution is 7.13. The fourth-order valence-electron chi connectivity index (χ4n) is 2.75. The lowest BCUT2D eigenvalue weighted by Crippen LogP contribution is -2.39. The minimum absolute atomic E-state index is 0.271. The van der Waals surface area contributed by atoms with Crippen LogP contribution in [0, 0.1) is 0 Å². The number of alkyl halides is 3. The summed E-state index contributed by atoms with van der Waals surface area (Å²) in [6.45, 7) is -1.47. The predicted molar refractivity (Wildman–Crippen MR) is 115 cm³/mol. The average molecular weight is 448 g/mol. The number of amides is 2. The summed E-state index contributed by atoms with van der Waals surface area (Å²) in [4.78, 5) is 25.4. The quantitative estimate of drug-likeness (QED) is 0.428. The molecule has 10 heteroatoms. The van der Waals surface area contributed by atoms with Gasteiger partial charge in [0.05, 0.1) is 11.4 Å². The van der Waals surface area contributed by atoms with E-state index in [4.69, 9.17) is 11.5 Å². The Labute approximate surface area is 180 Å². The van der Waals surface area contributed by atoms with E-state index in [-0.39, 0.29) is 11.1 Å². The first-order valence-electron chi connectivity index (χ1n) is 9.09. The standard InChI is InChI=1S/C21H19F3N4O2S/c22-21(23,24)11-27-20(30)18(26)12-3-5-13(6-4-12)19(29)28-16-10-14(7-8-15(16)25)17-2-1-9-31-17/h1-10,18H,11,25-26H2,(H,27,30)(H,28,29). The first-order valence-corrected chi connectivity index (χ1v) is 9.97. The summed E-state index contributed by atoms with van der Waals surface area (Å²) in [6.07, 6.45) is -4.53. The van der Waals surface area contributed by atoms with Crippen molar-refractivity contribution in [1.29, 1.82) is 0 Å². The van der Waals surface area contributed by atoms with Crippen molar-refractivity contribution >= 4 is 34.5 Å². The van der Waals surface area contributed by atoms with Gasteiger partial charge in [0.25, 0.3) is 5.91 Å². The summed E-state index contributed by atoms with van der Waals surface area (Å²) in [5, 5.41) is 6.42. The van der Waals surface area contributed by atoms with E-state index in [1.165, 1.54) is 24.3 Å². The third kappa shape index (κ3) is 5.83. The lowest BCUT2D eigenvalue weighted by atomic mass is 10.0. The number of carbonyl (C=O) groups excluding carboxylic acids is 2. The number of nitrogen functional groups attached to an aromatic ring is 1. The summed E-state index contributed by atoms with van der Waals surface area (Å²) in [5.41, 5.74) is 14.0. The van der Waals surface area contributed by atoms with Gasteiger partial charge in [-0.15, -0.1) is 11.3 Å². The molecule has 31 heavy (non-hydrogen) atoms. The Morgan fingerprint density at radius 2 is 1.77 bits per heavy atom. The molecule has 1 heterocycles. The molecule has 3 aromatic rings. The molecule has 0 spiro atoms. The van der Waals surface area contributed by atoms with Crippen LogP contribution in [0.4, 0.5) is 24.5 Å². The zero-order valence-corrected chi connectivity index (χ0v) is 16.9. The minimum atomic E-state index is -4.53. The van der Waals surface area contributed by atoms with E-state index in [0.29, 0.717) is 11.4 Å². The lowest BCUT2D eigenvalue weighted by molar-refractivity contribution is -0.139. The van der Waals surface area contributed by atoms with Crippen molar-refractivity contribution in [3.8, 4) is 10.4 Å². The fourth-order valence-corrected chi connectivity index (χ4v) is 3.47. The van der Waals surface area contributed by atoms with Crippen LogP contribution in [-0.2, 0) is 4.79 Å². The van der Waals surface area contributed by atoms with E-state index in [1.54, 1.807) is 28.8 Å². The molecule has 6 N–H and O–H groups in total. The second-order valence-electron chi connectivity index (χ2n) is 6.67. The smallest absolute Gasteiger partial charge is 0.397 e. The second kappa shape index (κ2) is 9.19. The molecule has 3 rings (SSSR count). The molecule has 2 aromatic carbocycles. The molecule has 0 radical (unpaired) electrons. The Hall–Kier alpha value is -3.37. The molecule has 6 nitrogen and oxygen atoms in total. The number of anilines is 2. The zero-order chi connectivity index (χ0) is 22.6. The SMILES string of the molecule is Nc1ccc(-c2cccs2)cc1NC(=O)c1ccc(C(N)C(=O)NCC(F)(F)F)cc1. The van der Waals surface area contributed by atoms with Gasteiger partial charge in [-0.1, -0.05) is 24.3 Å². The molecule has 0 fully saturated rings. The first-order chi connectivity index (χ1) is 14.6. The van der Waals surface area contributed by atoms with Crippen molar-refractivity contribution in [2.75, 3.05) is 17.6 Å². The molecule has 162 valence electrons. The maximum absolute atomic E-state index is 12.6. The summed E-state index contributed by atoms with van der Waals surface area (Å²) in [5.74, 6) is -1.40. The molecule has 2 amide bonds. The monoisotopic (exact) mass is 448 g/mol. The van der Waals surface area contributed by atoms with Gasteiger partial charge in [0.1, 0.15) is 12.6 Å². The van der Waals surface area contributed by atoms with E-state index in [0.717, 1.165) is 10.4 Å². The lowest BCUT2D eigenvalue weighted by Gasteiger charge is -2.14. The van der Waals surface area contributed by atoms with Gasteiger partial charge in [0, 0.05) is 10.4 Å². The van der Waals surface area contributed by atoms with Crippen molar-refractivity contribution in [3.05, 3.63) is 71.1 Å². The van der Waals surface area contributed by atoms with Gasteiger partial charge in [-0.25, -0.2) is 0 Å². The maximum Gasteiger partial charge on any atom is 0.405 e. The number of hydrogen-bond donors (Lipinski definition) is 4. The van der Waals surface area contributed by atoms with Gasteiger partial charge in [0.15, 0.2) is 0 Å². The average Bonchev–Trinajstić information content (AvgIpc) is 3.27. The number of benzene rings is 2. The molecular formula is C21H19F3N4O2S. The number of hydrogen-bond acceptors (Lipinski definition) is 5. The van der Waals surface area contributed by atoms with E-state index in [9.17, 15) is 22.8 Å². The maximum atomic E-state index is 12.6. The van der Waals surface area contributed by atoms with Crippen molar-refractivity contribution < 1.29 is 22.8 Å². The largest absolute Gasteiger partial charge is 0.405 e. The van der Waals surface area contributed by atoms with Crippen molar-refractivity contribution in [2.24, 2.45) is 5.73 Å². The Kier molecular flexibility index (Phi) is 6.62. The van der Waals surface area contributed by atoms with Crippen LogP contribution in [0.15, 0.2) is 60.0 Å². The number of carbonyl (C=O) groups is 2. The Balaban J connectivity index is 1.68. The van der Waals surface area contributed by atoms with Gasteiger partial charge in [0.2, 0.25) is 5.91 Å². The number of halogens is 3. The van der Waals surface area contributed by atoms with Crippen LogP contribution in [0.5, 0.6) is 0 Å². The molecule has 0 saturated heterocycles. The van der Waals surface area contributed by atoms with Gasteiger partial charge >= 0.3 is 6.18 Å². The highest BCUT2D eigenvalue weighted by Gasteiger charge is 2.29. The molecule has 1 aromatic heterocycles. The molecule has 1 atom stereocenters. The normalized spacial score (nSPS) is 12.3. The van der Waals surface area contributed by atoms with Crippen LogP contribution < -0.4 is 22.1 Å². The minimum Gasteiger partial charge on any atom is -0.397 e. The van der Waals surface area contributed by atoms with Crippen molar-refractivity contribution in [1.82, 2.24) is 5.32 Å². The topological polar surface area (TPSA) is 110 Å². The van der Waals surface area contributed by atoms with E-state index < -0.39 is 30.6 Å². The van der Waals surface area contributed by atoms with Crippen LogP contribution in [-0.4, -0.2) is 24.5 Å². The number of nitrogens with one attached hydrogen (secondary N) is 2. The van der Waals surface area contributed by atoms with Crippen LogP contribution >= 0.6 is 11.3 Å². The van der Waals surface area contributed by atoms with Gasteiger partial charge in [-0.05, 0) is 46.8 Å². The second-order valence-corrected chi connectivity index (χ2v) is 7.61.